The van der Waals surface area contributed by atoms with Gasteiger partial charge in [0, 0.05) is 0 Å². The lowest BCUT2D eigenvalue weighted by Crippen LogP contribution is -2.30. The van der Waals surface area contributed by atoms with Crippen molar-refractivity contribution < 1.29 is 24.0 Å². The second kappa shape index (κ2) is 4.63. The van der Waals surface area contributed by atoms with Crippen molar-refractivity contribution in [3.05, 3.63) is 40.2 Å². The Morgan fingerprint density at radius 1 is 1.39 bits per heavy atom. The van der Waals surface area contributed by atoms with Crippen LogP contribution in [0.15, 0.2) is 33.7 Å². The molecule has 0 atom stereocenters. The smallest absolute Gasteiger partial charge is 0.465 e. The molecule has 0 radical (unpaired) electrons. The lowest BCUT2D eigenvalue weighted by molar-refractivity contribution is 0.0597. The van der Waals surface area contributed by atoms with Crippen molar-refractivity contribution >= 4 is 29.5 Å². The van der Waals surface area contributed by atoms with Crippen LogP contribution in [-0.4, -0.2) is 30.2 Å². The van der Waals surface area contributed by atoms with Crippen LogP contribution in [-0.2, 0) is 4.74 Å². The van der Waals surface area contributed by atoms with Crippen molar-refractivity contribution in [3.63, 3.8) is 0 Å². The van der Waals surface area contributed by atoms with Crippen molar-refractivity contribution in [1.82, 2.24) is 0 Å². The summed E-state index contributed by atoms with van der Waals surface area (Å²) < 4.78 is 9.56. The Morgan fingerprint density at radius 3 is 2.72 bits per heavy atom. The Hall–Kier alpha value is -2.12. The van der Waals surface area contributed by atoms with Gasteiger partial charge in [0.1, 0.15) is 17.4 Å². The third kappa shape index (κ3) is 2.01. The van der Waals surface area contributed by atoms with Crippen molar-refractivity contribution in [2.45, 2.75) is 0 Å². The molecule has 0 saturated carbocycles. The summed E-state index contributed by atoms with van der Waals surface area (Å²) in [6.07, 6.45) is 1.02. The van der Waals surface area contributed by atoms with Crippen LogP contribution in [0.3, 0.4) is 0 Å². The second-order valence-electron chi connectivity index (χ2n) is 3.60. The fraction of sp³-hybridized carbons (Fsp3) is 0.0909. The quantitative estimate of drug-likeness (QED) is 0.536. The van der Waals surface area contributed by atoms with Gasteiger partial charge in [-0.15, -0.1) is 0 Å². The Labute approximate surface area is 102 Å². The van der Waals surface area contributed by atoms with E-state index in [2.05, 4.69) is 4.74 Å². The molecule has 0 aliphatic carbocycles. The topological polar surface area (TPSA) is 97.0 Å². The highest BCUT2D eigenvalue weighted by Crippen LogP contribution is 2.10. The molecule has 2 aromatic rings. The number of rotatable bonds is 2. The van der Waals surface area contributed by atoms with E-state index in [4.69, 9.17) is 14.5 Å². The van der Waals surface area contributed by atoms with Crippen LogP contribution in [0.4, 0.5) is 0 Å². The van der Waals surface area contributed by atoms with Gasteiger partial charge >= 0.3 is 13.1 Å². The minimum atomic E-state index is -1.70. The largest absolute Gasteiger partial charge is 0.488 e. The van der Waals surface area contributed by atoms with Gasteiger partial charge in [-0.05, 0) is 17.6 Å². The van der Waals surface area contributed by atoms with Gasteiger partial charge in [-0.2, -0.15) is 0 Å². The van der Waals surface area contributed by atoms with Gasteiger partial charge in [-0.1, -0.05) is 6.07 Å². The first-order valence-corrected chi connectivity index (χ1v) is 5.04. The predicted molar refractivity (Wildman–Crippen MR) is 63.6 cm³/mol. The van der Waals surface area contributed by atoms with Crippen molar-refractivity contribution in [1.29, 1.82) is 0 Å². The molecule has 0 fully saturated rings. The molecule has 1 aromatic carbocycles. The number of methoxy groups -OCH3 is 1. The molecule has 0 unspecified atom stereocenters. The van der Waals surface area contributed by atoms with Gasteiger partial charge < -0.3 is 19.2 Å². The highest BCUT2D eigenvalue weighted by molar-refractivity contribution is 6.58. The number of hydrogen-bond donors (Lipinski definition) is 2. The van der Waals surface area contributed by atoms with Crippen LogP contribution in [0.1, 0.15) is 10.4 Å². The first-order valence-electron chi connectivity index (χ1n) is 5.04. The predicted octanol–water partition coefficient (Wildman–Crippen LogP) is -0.741. The van der Waals surface area contributed by atoms with E-state index < -0.39 is 18.5 Å². The zero-order valence-electron chi connectivity index (χ0n) is 9.41. The van der Waals surface area contributed by atoms with E-state index in [9.17, 15) is 9.59 Å². The standard InChI is InChI=1S/C11H9BO6/c1-17-11(14)8-5-18-9-3-2-6(12(15)16)4-7(9)10(8)13/h2-5,15-16H,1H3. The van der Waals surface area contributed by atoms with Crippen LogP contribution < -0.4 is 10.9 Å². The van der Waals surface area contributed by atoms with Gasteiger partial charge in [-0.3, -0.25) is 4.79 Å². The number of carbonyl (C=O) groups is 1. The summed E-state index contributed by atoms with van der Waals surface area (Å²) in [4.78, 5) is 23.3. The van der Waals surface area contributed by atoms with Gasteiger partial charge in [0.15, 0.2) is 0 Å². The Balaban J connectivity index is 2.72. The number of esters is 1. The van der Waals surface area contributed by atoms with Crippen LogP contribution in [0, 0.1) is 0 Å². The summed E-state index contributed by atoms with van der Waals surface area (Å²) in [6.45, 7) is 0. The number of carbonyl (C=O) groups excluding carboxylic acids is 1. The molecule has 0 saturated heterocycles. The molecule has 0 aliphatic rings. The summed E-state index contributed by atoms with van der Waals surface area (Å²) in [7, 11) is -0.546. The zero-order chi connectivity index (χ0) is 13.3. The highest BCUT2D eigenvalue weighted by Gasteiger charge is 2.17. The van der Waals surface area contributed by atoms with E-state index in [1.807, 2.05) is 0 Å². The van der Waals surface area contributed by atoms with Crippen molar-refractivity contribution in [3.8, 4) is 0 Å². The first kappa shape index (κ1) is 12.3. The van der Waals surface area contributed by atoms with Gasteiger partial charge in [0.25, 0.3) is 0 Å². The summed E-state index contributed by atoms with van der Waals surface area (Å²) in [5.74, 6) is -0.805. The molecule has 18 heavy (non-hydrogen) atoms. The zero-order valence-corrected chi connectivity index (χ0v) is 9.41. The van der Waals surface area contributed by atoms with Gasteiger partial charge in [0.2, 0.25) is 5.43 Å². The summed E-state index contributed by atoms with van der Waals surface area (Å²) in [6, 6.07) is 4.10. The lowest BCUT2D eigenvalue weighted by atomic mass is 9.80. The summed E-state index contributed by atoms with van der Waals surface area (Å²) in [5.41, 5.74) is -0.436. The molecule has 0 aliphatic heterocycles. The molecule has 1 heterocycles. The van der Waals surface area contributed by atoms with Crippen molar-refractivity contribution in [2.75, 3.05) is 7.11 Å². The minimum Gasteiger partial charge on any atom is -0.465 e. The highest BCUT2D eigenvalue weighted by atomic mass is 16.5. The molecule has 0 amide bonds. The molecule has 2 N–H and O–H groups in total. The van der Waals surface area contributed by atoms with Crippen LogP contribution >= 0.6 is 0 Å². The lowest BCUT2D eigenvalue weighted by Gasteiger charge is -2.03. The molecule has 92 valence electrons. The average Bonchev–Trinajstić information content (AvgIpc) is 2.38. The first-order chi connectivity index (χ1) is 8.54. The van der Waals surface area contributed by atoms with Crippen LogP contribution in [0.25, 0.3) is 11.0 Å². The molecule has 7 heteroatoms. The van der Waals surface area contributed by atoms with Crippen LogP contribution in [0.2, 0.25) is 0 Å². The monoisotopic (exact) mass is 248 g/mol. The normalized spacial score (nSPS) is 10.4. The molecular weight excluding hydrogens is 239 g/mol. The van der Waals surface area contributed by atoms with E-state index in [0.717, 1.165) is 13.4 Å². The number of fused-ring (bicyclic) bond motifs is 1. The summed E-state index contributed by atoms with van der Waals surface area (Å²) >= 11 is 0. The number of hydrogen-bond acceptors (Lipinski definition) is 6. The van der Waals surface area contributed by atoms with E-state index >= 15 is 0 Å². The molecule has 0 spiro atoms. The molecule has 2 rings (SSSR count). The number of benzene rings is 1. The minimum absolute atomic E-state index is 0.0866. The third-order valence-electron chi connectivity index (χ3n) is 2.50. The second-order valence-corrected chi connectivity index (χ2v) is 3.60. The fourth-order valence-electron chi connectivity index (χ4n) is 1.56. The summed E-state index contributed by atoms with van der Waals surface area (Å²) in [5, 5.41) is 18.1. The van der Waals surface area contributed by atoms with E-state index in [1.165, 1.54) is 18.2 Å². The molecular formula is C11H9BO6. The van der Waals surface area contributed by atoms with E-state index in [0.29, 0.717) is 0 Å². The van der Waals surface area contributed by atoms with Crippen LogP contribution in [0.5, 0.6) is 0 Å². The fourth-order valence-corrected chi connectivity index (χ4v) is 1.56. The Morgan fingerprint density at radius 2 is 2.11 bits per heavy atom. The Bertz CT molecular complexity index is 660. The molecule has 0 bridgehead atoms. The maximum Gasteiger partial charge on any atom is 0.488 e. The van der Waals surface area contributed by atoms with Crippen molar-refractivity contribution in [2.24, 2.45) is 0 Å². The number of ether oxygens (including phenoxy) is 1. The Kier molecular flexibility index (Phi) is 3.18. The van der Waals surface area contributed by atoms with Gasteiger partial charge in [0.05, 0.1) is 12.5 Å². The van der Waals surface area contributed by atoms with Gasteiger partial charge in [-0.25, -0.2) is 4.79 Å². The van der Waals surface area contributed by atoms with E-state index in [1.54, 1.807) is 0 Å². The average molecular weight is 248 g/mol. The van der Waals surface area contributed by atoms with E-state index in [-0.39, 0.29) is 22.0 Å². The maximum atomic E-state index is 12.0. The molecule has 1 aromatic heterocycles. The SMILES string of the molecule is COC(=O)c1coc2ccc(B(O)O)cc2c1=O. The maximum absolute atomic E-state index is 12.0. The molecule has 6 nitrogen and oxygen atoms in total. The third-order valence-corrected chi connectivity index (χ3v) is 2.50.